The van der Waals surface area contributed by atoms with Crippen molar-refractivity contribution in [3.63, 3.8) is 0 Å². The van der Waals surface area contributed by atoms with E-state index in [0.717, 1.165) is 0 Å². The molecule has 10 nitrogen and oxygen atoms in total. The van der Waals surface area contributed by atoms with Gasteiger partial charge in [-0.2, -0.15) is 16.8 Å². The molecule has 0 unspecified atom stereocenters. The second-order valence-electron chi connectivity index (χ2n) is 1.45. The number of carboxylic acid groups (broad SMARTS) is 2. The predicted molar refractivity (Wildman–Crippen MR) is 33.9 cm³/mol. The molecule has 0 amide bonds. The molecular weight excluding hydrogens is 314 g/mol. The fraction of sp³-hybridized carbons (Fsp3) is 0. The molecule has 0 aromatic rings. The van der Waals surface area contributed by atoms with Crippen LogP contribution in [0.25, 0.3) is 0 Å². The average Bonchev–Trinajstić information content (AvgIpc) is 1.83. The second kappa shape index (κ2) is 6.79. The van der Waals surface area contributed by atoms with Gasteiger partial charge in [0.15, 0.2) is 10.6 Å². The molecule has 0 aliphatic heterocycles. The van der Waals surface area contributed by atoms with Crippen LogP contribution in [0, 0.1) is 0 Å². The van der Waals surface area contributed by atoms with Crippen LogP contribution in [0.15, 0.2) is 0 Å². The summed E-state index contributed by atoms with van der Waals surface area (Å²) in [6.45, 7) is 0. The first-order chi connectivity index (χ1) is 5.89. The molecule has 15 heavy (non-hydrogen) atoms. The number of hydrogen-bond acceptors (Lipinski definition) is 8. The molecule has 84 valence electrons. The standard InChI is InChI=1S/2CH2O5S.Zn/c2*2-1(3)7(4,5)6;/h2*(H,2,3)(H,4,5,6);/q;;+2/p-2. The molecule has 0 saturated carbocycles. The molecule has 0 atom stereocenters. The topological polar surface area (TPSA) is 189 Å². The Morgan fingerprint density at radius 2 is 0.867 bits per heavy atom. The van der Waals surface area contributed by atoms with Gasteiger partial charge in [0.25, 0.3) is 0 Å². The number of hydrogen-bond donors (Lipinski definition) is 2. The summed E-state index contributed by atoms with van der Waals surface area (Å²) < 4.78 is 51.7. The zero-order valence-corrected chi connectivity index (χ0v) is 11.3. The van der Waals surface area contributed by atoms with E-state index in [1.165, 1.54) is 0 Å². The fourth-order valence-corrected chi connectivity index (χ4v) is 0. The van der Waals surface area contributed by atoms with Crippen molar-refractivity contribution in [1.82, 2.24) is 0 Å². The van der Waals surface area contributed by atoms with Crippen molar-refractivity contribution in [2.75, 3.05) is 0 Å². The Hall–Kier alpha value is -0.617. The van der Waals surface area contributed by atoms with Crippen LogP contribution < -0.4 is 10.2 Å². The molecule has 0 aliphatic carbocycles. The van der Waals surface area contributed by atoms with E-state index in [4.69, 9.17) is 28.9 Å². The summed E-state index contributed by atoms with van der Waals surface area (Å²) in [6.07, 6.45) is 0. The Kier molecular flexibility index (Phi) is 9.00. The maximum absolute atomic E-state index is 9.22. The normalized spacial score (nSPS) is 10.3. The third-order valence-electron chi connectivity index (χ3n) is 0.421. The Morgan fingerprint density at radius 1 is 0.800 bits per heavy atom. The van der Waals surface area contributed by atoms with E-state index in [9.17, 15) is 16.8 Å². The third-order valence-corrected chi connectivity index (χ3v) is 1.26. The summed E-state index contributed by atoms with van der Waals surface area (Å²) in [5.74, 6) is 0. The molecular formula is C2H2O10S2Zn. The van der Waals surface area contributed by atoms with Gasteiger partial charge in [-0.25, -0.2) is 0 Å². The van der Waals surface area contributed by atoms with Gasteiger partial charge in [-0.1, -0.05) is 0 Å². The monoisotopic (exact) mass is 314 g/mol. The van der Waals surface area contributed by atoms with Crippen molar-refractivity contribution in [3.8, 4) is 0 Å². The minimum atomic E-state index is -4.94. The van der Waals surface area contributed by atoms with E-state index in [2.05, 4.69) is 0 Å². The molecule has 0 saturated heterocycles. The van der Waals surface area contributed by atoms with E-state index in [1.54, 1.807) is 0 Å². The maximum atomic E-state index is 9.22. The van der Waals surface area contributed by atoms with E-state index >= 15 is 0 Å². The number of rotatable bonds is 0. The van der Waals surface area contributed by atoms with Gasteiger partial charge in [0.2, 0.25) is 0 Å². The molecule has 0 aliphatic rings. The van der Waals surface area contributed by atoms with Crippen LogP contribution in [0.3, 0.4) is 0 Å². The van der Waals surface area contributed by atoms with Crippen LogP contribution in [0.1, 0.15) is 0 Å². The second-order valence-corrected chi connectivity index (χ2v) is 4.02. The van der Waals surface area contributed by atoms with Crippen molar-refractivity contribution >= 4 is 30.8 Å². The molecule has 0 bridgehead atoms. The van der Waals surface area contributed by atoms with E-state index in [0.29, 0.717) is 0 Å². The van der Waals surface area contributed by atoms with Crippen LogP contribution in [-0.2, 0) is 39.7 Å². The van der Waals surface area contributed by atoms with Crippen molar-refractivity contribution in [3.05, 3.63) is 0 Å². The predicted octanol–water partition coefficient (Wildman–Crippen LogP) is -3.57. The van der Waals surface area contributed by atoms with Gasteiger partial charge in [-0.15, -0.1) is 0 Å². The van der Waals surface area contributed by atoms with Gasteiger partial charge in [-0.3, -0.25) is 9.11 Å². The van der Waals surface area contributed by atoms with Crippen molar-refractivity contribution < 1.29 is 65.2 Å². The Labute approximate surface area is 96.2 Å². The molecule has 2 N–H and O–H groups in total. The van der Waals surface area contributed by atoms with Crippen LogP contribution in [-0.4, -0.2) is 36.5 Å². The van der Waals surface area contributed by atoms with Crippen LogP contribution in [0.2, 0.25) is 0 Å². The zero-order chi connectivity index (χ0) is 12.2. The number of carbonyl (C=O) groups is 2. The van der Waals surface area contributed by atoms with Crippen LogP contribution in [0.5, 0.6) is 0 Å². The van der Waals surface area contributed by atoms with Gasteiger partial charge < -0.3 is 19.8 Å². The number of carbonyl (C=O) groups excluding carboxylic acids is 2. The largest absolute Gasteiger partial charge is 2.00 e. The molecule has 0 aromatic heterocycles. The summed E-state index contributed by atoms with van der Waals surface area (Å²) >= 11 is 0. The first-order valence-corrected chi connectivity index (χ1v) is 5.14. The molecule has 0 spiro atoms. The van der Waals surface area contributed by atoms with Crippen LogP contribution >= 0.6 is 0 Å². The average molecular weight is 316 g/mol. The summed E-state index contributed by atoms with van der Waals surface area (Å²) in [7, 11) is -9.87. The Bertz CT molecular complexity index is 372. The summed E-state index contributed by atoms with van der Waals surface area (Å²) in [6, 6.07) is 0. The molecule has 0 heterocycles. The van der Waals surface area contributed by atoms with E-state index < -0.39 is 30.8 Å². The van der Waals surface area contributed by atoms with E-state index in [-0.39, 0.29) is 19.5 Å². The molecule has 0 aromatic carbocycles. The molecule has 0 fully saturated rings. The fourth-order valence-electron chi connectivity index (χ4n) is 0. The smallest absolute Gasteiger partial charge is 0.533 e. The first-order valence-electron chi connectivity index (χ1n) is 2.26. The quantitative estimate of drug-likeness (QED) is 0.334. The SMILES string of the molecule is O=C([O-])S(=O)(=O)O.O=C([O-])S(=O)(=O)O.[Zn+2]. The zero-order valence-electron chi connectivity index (χ0n) is 6.68. The Balaban J connectivity index is -0.000000180. The third kappa shape index (κ3) is 13.4. The van der Waals surface area contributed by atoms with Gasteiger partial charge in [0.1, 0.15) is 0 Å². The van der Waals surface area contributed by atoms with Crippen molar-refractivity contribution in [2.45, 2.75) is 0 Å². The minimum absolute atomic E-state index is 0. The molecule has 13 heteroatoms. The summed E-state index contributed by atoms with van der Waals surface area (Å²) in [4.78, 5) is 18.1. The molecule has 0 rings (SSSR count). The molecule has 0 radical (unpaired) electrons. The van der Waals surface area contributed by atoms with Crippen molar-refractivity contribution in [2.24, 2.45) is 0 Å². The maximum Gasteiger partial charge on any atom is 2.00 e. The van der Waals surface area contributed by atoms with E-state index in [1.807, 2.05) is 0 Å². The summed E-state index contributed by atoms with van der Waals surface area (Å²) in [5.41, 5.74) is 0. The Morgan fingerprint density at radius 3 is 0.867 bits per heavy atom. The van der Waals surface area contributed by atoms with Crippen molar-refractivity contribution in [1.29, 1.82) is 0 Å². The summed E-state index contributed by atoms with van der Waals surface area (Å²) in [5, 5.41) is 13.2. The van der Waals surface area contributed by atoms with Gasteiger partial charge in [0.05, 0.1) is 0 Å². The van der Waals surface area contributed by atoms with Gasteiger partial charge in [0, 0.05) is 0 Å². The minimum Gasteiger partial charge on any atom is -0.533 e. The van der Waals surface area contributed by atoms with Gasteiger partial charge in [-0.05, 0) is 0 Å². The van der Waals surface area contributed by atoms with Gasteiger partial charge >= 0.3 is 39.7 Å². The first kappa shape index (κ1) is 19.9. The van der Waals surface area contributed by atoms with Crippen LogP contribution in [0.4, 0.5) is 9.59 Å².